The average molecular weight is 820 g/mol. The van der Waals surface area contributed by atoms with Crippen LogP contribution in [-0.4, -0.2) is 0 Å². The molecule has 0 fully saturated rings. The Balaban J connectivity index is 1.07. The monoisotopic (exact) mass is 819 g/mol. The van der Waals surface area contributed by atoms with Gasteiger partial charge in [-0.15, -0.1) is 11.3 Å². The number of anilines is 3. The average Bonchev–Trinajstić information content (AvgIpc) is 3.93. The SMILES string of the molecule is c1ccc2c(-c3c(N(c4ccc(-c5cccc6c5sc5ccccc56)cc4)c4ccc(-c5cccc6oc7ccccc7c56)cc4)c4ccccc4c4ccccc34)cccc2c1. The van der Waals surface area contributed by atoms with Crippen LogP contribution in [0.3, 0.4) is 0 Å². The molecule has 2 nitrogen and oxygen atoms in total. The first-order chi connectivity index (χ1) is 31.3. The third-order valence-electron chi connectivity index (χ3n) is 12.9. The third kappa shape index (κ3) is 5.64. The minimum absolute atomic E-state index is 0.896. The molecule has 0 radical (unpaired) electrons. The van der Waals surface area contributed by atoms with Crippen LogP contribution < -0.4 is 4.90 Å². The zero-order valence-electron chi connectivity index (χ0n) is 34.1. The van der Waals surface area contributed by atoms with Crippen molar-refractivity contribution in [2.24, 2.45) is 0 Å². The van der Waals surface area contributed by atoms with Gasteiger partial charge in [-0.05, 0) is 97.2 Å². The molecule has 3 heteroatoms. The maximum absolute atomic E-state index is 6.33. The number of para-hydroxylation sites is 1. The fourth-order valence-electron chi connectivity index (χ4n) is 10.0. The zero-order chi connectivity index (χ0) is 41.4. The highest BCUT2D eigenvalue weighted by Gasteiger charge is 2.25. The predicted molar refractivity (Wildman–Crippen MR) is 270 cm³/mol. The van der Waals surface area contributed by atoms with Gasteiger partial charge in [-0.2, -0.15) is 0 Å². The van der Waals surface area contributed by atoms with E-state index in [0.717, 1.165) is 50.1 Å². The number of benzene rings is 11. The number of thiophene rings is 1. The number of hydrogen-bond donors (Lipinski definition) is 0. The Hall–Kier alpha value is -7.98. The van der Waals surface area contributed by atoms with E-state index in [9.17, 15) is 0 Å². The Morgan fingerprint density at radius 3 is 1.62 bits per heavy atom. The summed E-state index contributed by atoms with van der Waals surface area (Å²) in [7, 11) is 0. The van der Waals surface area contributed by atoms with Gasteiger partial charge in [-0.3, -0.25) is 0 Å². The molecule has 294 valence electrons. The Morgan fingerprint density at radius 2 is 0.841 bits per heavy atom. The van der Waals surface area contributed by atoms with E-state index in [-0.39, 0.29) is 0 Å². The molecule has 13 aromatic rings. The predicted octanol–water partition coefficient (Wildman–Crippen LogP) is 17.9. The number of rotatable bonds is 6. The molecule has 0 saturated carbocycles. The summed E-state index contributed by atoms with van der Waals surface area (Å²) in [5, 5.41) is 12.2. The molecule has 0 spiro atoms. The van der Waals surface area contributed by atoms with E-state index in [0.29, 0.717) is 0 Å². The quantitative estimate of drug-likeness (QED) is 0.155. The molecule has 0 bridgehead atoms. The molecule has 2 aromatic heterocycles. The number of furan rings is 1. The molecule has 63 heavy (non-hydrogen) atoms. The van der Waals surface area contributed by atoms with Crippen LogP contribution in [0.25, 0.3) is 108 Å². The van der Waals surface area contributed by atoms with Gasteiger partial charge >= 0.3 is 0 Å². The second-order valence-electron chi connectivity index (χ2n) is 16.3. The minimum Gasteiger partial charge on any atom is -0.456 e. The summed E-state index contributed by atoms with van der Waals surface area (Å²) in [6.45, 7) is 0. The third-order valence-corrected chi connectivity index (χ3v) is 14.1. The van der Waals surface area contributed by atoms with Crippen molar-refractivity contribution in [3.63, 3.8) is 0 Å². The zero-order valence-corrected chi connectivity index (χ0v) is 34.9. The van der Waals surface area contributed by atoms with Crippen LogP contribution in [0.4, 0.5) is 17.1 Å². The number of nitrogens with zero attached hydrogens (tertiary/aromatic N) is 1. The summed E-state index contributed by atoms with van der Waals surface area (Å²) in [5.74, 6) is 0. The fourth-order valence-corrected chi connectivity index (χ4v) is 11.3. The number of hydrogen-bond acceptors (Lipinski definition) is 3. The Morgan fingerprint density at radius 1 is 0.333 bits per heavy atom. The van der Waals surface area contributed by atoms with Crippen molar-refractivity contribution in [1.82, 2.24) is 0 Å². The van der Waals surface area contributed by atoms with Crippen LogP contribution in [0.2, 0.25) is 0 Å². The highest BCUT2D eigenvalue weighted by Crippen LogP contribution is 2.51. The van der Waals surface area contributed by atoms with Gasteiger partial charge in [-0.1, -0.05) is 182 Å². The maximum atomic E-state index is 6.33. The molecule has 11 aromatic carbocycles. The lowest BCUT2D eigenvalue weighted by Crippen LogP contribution is -2.12. The van der Waals surface area contributed by atoms with Gasteiger partial charge in [-0.25, -0.2) is 0 Å². The molecule has 0 amide bonds. The largest absolute Gasteiger partial charge is 0.456 e. The van der Waals surface area contributed by atoms with E-state index in [1.165, 1.54) is 74.7 Å². The van der Waals surface area contributed by atoms with Gasteiger partial charge in [0.1, 0.15) is 11.2 Å². The first-order valence-corrected chi connectivity index (χ1v) is 22.3. The van der Waals surface area contributed by atoms with Crippen molar-refractivity contribution >= 4 is 103 Å². The highest BCUT2D eigenvalue weighted by atomic mass is 32.1. The van der Waals surface area contributed by atoms with Crippen molar-refractivity contribution in [3.05, 3.63) is 224 Å². The van der Waals surface area contributed by atoms with Crippen LogP contribution in [-0.2, 0) is 0 Å². The Kier molecular flexibility index (Phi) is 8.12. The van der Waals surface area contributed by atoms with E-state index in [1.807, 2.05) is 17.4 Å². The lowest BCUT2D eigenvalue weighted by Gasteiger charge is -2.31. The normalized spacial score (nSPS) is 11.8. The topological polar surface area (TPSA) is 16.4 Å². The molecule has 13 rings (SSSR count). The Bertz CT molecular complexity index is 3910. The maximum Gasteiger partial charge on any atom is 0.136 e. The summed E-state index contributed by atoms with van der Waals surface area (Å²) in [6.07, 6.45) is 0. The molecule has 0 atom stereocenters. The molecule has 0 saturated heterocycles. The molecule has 0 unspecified atom stereocenters. The summed E-state index contributed by atoms with van der Waals surface area (Å²) < 4.78 is 8.96. The molecule has 0 aliphatic carbocycles. The minimum atomic E-state index is 0.896. The first-order valence-electron chi connectivity index (χ1n) is 21.5. The highest BCUT2D eigenvalue weighted by molar-refractivity contribution is 7.26. The van der Waals surface area contributed by atoms with Crippen molar-refractivity contribution in [1.29, 1.82) is 0 Å². The van der Waals surface area contributed by atoms with Gasteiger partial charge in [0.2, 0.25) is 0 Å². The van der Waals surface area contributed by atoms with Gasteiger partial charge in [0.05, 0.1) is 5.69 Å². The summed E-state index contributed by atoms with van der Waals surface area (Å²) in [5.41, 5.74) is 12.3. The molecular formula is C60H37NOS. The standard InChI is InChI=1S/C60H37NOS/c1-2-16-43-38(14-1)15-11-25-49(43)58-50-20-5-3-17-46(50)47-18-4-6-21-51(47)59(58)61(41-34-30-39(31-35-41)44-23-13-28-55-57(44)53-22-7-9-27-54(53)62-55)42-36-32-40(33-37-42)45-24-12-26-52-48-19-8-10-29-56(48)63-60(45)52/h1-37H. The van der Waals surface area contributed by atoms with Crippen LogP contribution in [0.15, 0.2) is 229 Å². The number of fused-ring (bicyclic) bond motifs is 10. The second kappa shape index (κ2) is 14.3. The van der Waals surface area contributed by atoms with Crippen molar-refractivity contribution in [3.8, 4) is 33.4 Å². The summed E-state index contributed by atoms with van der Waals surface area (Å²) in [4.78, 5) is 2.49. The summed E-state index contributed by atoms with van der Waals surface area (Å²) in [6, 6.07) is 81.9. The van der Waals surface area contributed by atoms with Crippen LogP contribution in [0, 0.1) is 0 Å². The first kappa shape index (κ1) is 35.7. The smallest absolute Gasteiger partial charge is 0.136 e. The molecule has 2 heterocycles. The van der Waals surface area contributed by atoms with Crippen LogP contribution >= 0.6 is 11.3 Å². The molecule has 0 N–H and O–H groups in total. The van der Waals surface area contributed by atoms with Crippen LogP contribution in [0.1, 0.15) is 0 Å². The van der Waals surface area contributed by atoms with E-state index in [1.54, 1.807) is 0 Å². The van der Waals surface area contributed by atoms with E-state index in [4.69, 9.17) is 4.42 Å². The van der Waals surface area contributed by atoms with Gasteiger partial charge < -0.3 is 9.32 Å². The molecule has 0 aliphatic rings. The summed E-state index contributed by atoms with van der Waals surface area (Å²) >= 11 is 1.88. The van der Waals surface area contributed by atoms with Gasteiger partial charge in [0, 0.05) is 53.3 Å². The Labute approximate surface area is 368 Å². The van der Waals surface area contributed by atoms with Crippen molar-refractivity contribution < 1.29 is 4.42 Å². The second-order valence-corrected chi connectivity index (χ2v) is 17.4. The van der Waals surface area contributed by atoms with E-state index >= 15 is 0 Å². The molecule has 0 aliphatic heterocycles. The molecular weight excluding hydrogens is 783 g/mol. The van der Waals surface area contributed by atoms with E-state index < -0.39 is 0 Å². The van der Waals surface area contributed by atoms with Crippen LogP contribution in [0.5, 0.6) is 0 Å². The van der Waals surface area contributed by atoms with Crippen molar-refractivity contribution in [2.45, 2.75) is 0 Å². The van der Waals surface area contributed by atoms with Gasteiger partial charge in [0.25, 0.3) is 0 Å². The lowest BCUT2D eigenvalue weighted by atomic mass is 9.88. The fraction of sp³-hybridized carbons (Fsp3) is 0. The van der Waals surface area contributed by atoms with E-state index in [2.05, 4.69) is 223 Å². The van der Waals surface area contributed by atoms with Gasteiger partial charge in [0.15, 0.2) is 0 Å². The lowest BCUT2D eigenvalue weighted by molar-refractivity contribution is 0.669. The van der Waals surface area contributed by atoms with Crippen molar-refractivity contribution in [2.75, 3.05) is 4.90 Å².